The van der Waals surface area contributed by atoms with Crippen LogP contribution >= 0.6 is 7.60 Å². The molecule has 0 saturated carbocycles. The van der Waals surface area contributed by atoms with Crippen molar-refractivity contribution in [3.63, 3.8) is 0 Å². The monoisotopic (exact) mass is 282 g/mol. The number of aromatic hydroxyl groups is 2. The number of phenolic OH excluding ortho intramolecular Hbond substituents is 2. The molecule has 0 aliphatic rings. The molecule has 0 bridgehead atoms. The van der Waals surface area contributed by atoms with E-state index in [4.69, 9.17) is 9.79 Å². The van der Waals surface area contributed by atoms with Crippen molar-refractivity contribution < 1.29 is 24.6 Å². The molecule has 19 heavy (non-hydrogen) atoms. The molecule has 0 heterocycles. The molecule has 0 spiro atoms. The molecule has 0 aliphatic carbocycles. The van der Waals surface area contributed by atoms with Crippen LogP contribution in [0.25, 0.3) is 10.8 Å². The van der Waals surface area contributed by atoms with E-state index >= 15 is 0 Å². The van der Waals surface area contributed by atoms with E-state index in [0.717, 1.165) is 6.07 Å². The smallest absolute Gasteiger partial charge is 0.360 e. The standard InChI is InChI=1S/C10H9O5P.C3H6/c11-8-5-9(16(13,14)15)10(12)7-4-2-1-3-6(7)8;1-3-2/h1-5,11-12H,(H2,13,14,15);3H,1H2,2H3. The summed E-state index contributed by atoms with van der Waals surface area (Å²) in [6, 6.07) is 7.17. The van der Waals surface area contributed by atoms with Crippen LogP contribution in [-0.2, 0) is 4.57 Å². The number of hydrogen-bond acceptors (Lipinski definition) is 3. The third-order valence-electron chi connectivity index (χ3n) is 2.29. The predicted molar refractivity (Wildman–Crippen MR) is 74.8 cm³/mol. The van der Waals surface area contributed by atoms with Crippen molar-refractivity contribution in [3.8, 4) is 11.5 Å². The maximum atomic E-state index is 11.1. The average Bonchev–Trinajstić information content (AvgIpc) is 2.33. The van der Waals surface area contributed by atoms with Gasteiger partial charge in [0.2, 0.25) is 0 Å². The second kappa shape index (κ2) is 5.89. The van der Waals surface area contributed by atoms with Crippen LogP contribution in [0.4, 0.5) is 0 Å². The van der Waals surface area contributed by atoms with Crippen molar-refractivity contribution in [3.05, 3.63) is 43.0 Å². The molecule has 102 valence electrons. The highest BCUT2D eigenvalue weighted by molar-refractivity contribution is 7.60. The van der Waals surface area contributed by atoms with Crippen molar-refractivity contribution >= 4 is 23.7 Å². The van der Waals surface area contributed by atoms with Gasteiger partial charge in [0, 0.05) is 10.8 Å². The van der Waals surface area contributed by atoms with Gasteiger partial charge in [0.25, 0.3) is 0 Å². The zero-order valence-corrected chi connectivity index (χ0v) is 11.2. The molecule has 0 aromatic heterocycles. The van der Waals surface area contributed by atoms with Gasteiger partial charge in [-0.3, -0.25) is 4.57 Å². The predicted octanol–water partition coefficient (Wildman–Crippen LogP) is 2.25. The SMILES string of the molecule is C=CC.O=P(O)(O)c1cc(O)c2ccccc2c1O. The Bertz CT molecular complexity index is 645. The highest BCUT2D eigenvalue weighted by atomic mass is 31.2. The zero-order chi connectivity index (χ0) is 14.6. The second-order valence-electron chi connectivity index (χ2n) is 3.76. The fourth-order valence-corrected chi connectivity index (χ4v) is 2.24. The first kappa shape index (κ1) is 15.2. The van der Waals surface area contributed by atoms with Gasteiger partial charge < -0.3 is 20.0 Å². The van der Waals surface area contributed by atoms with Gasteiger partial charge >= 0.3 is 7.60 Å². The fourth-order valence-electron chi connectivity index (χ4n) is 1.55. The minimum Gasteiger partial charge on any atom is -0.507 e. The molecule has 2 rings (SSSR count). The topological polar surface area (TPSA) is 98.0 Å². The molecule has 0 amide bonds. The van der Waals surface area contributed by atoms with E-state index in [2.05, 4.69) is 6.58 Å². The van der Waals surface area contributed by atoms with Gasteiger partial charge in [0.15, 0.2) is 0 Å². The molecule has 0 fully saturated rings. The lowest BCUT2D eigenvalue weighted by Gasteiger charge is -2.10. The number of rotatable bonds is 1. The van der Waals surface area contributed by atoms with Gasteiger partial charge in [-0.1, -0.05) is 30.3 Å². The second-order valence-corrected chi connectivity index (χ2v) is 5.33. The van der Waals surface area contributed by atoms with E-state index in [-0.39, 0.29) is 11.1 Å². The Morgan fingerprint density at radius 2 is 1.63 bits per heavy atom. The number of phenols is 2. The average molecular weight is 282 g/mol. The molecule has 0 unspecified atom stereocenters. The number of hydrogen-bond donors (Lipinski definition) is 4. The first-order valence-corrected chi connectivity index (χ1v) is 7.01. The summed E-state index contributed by atoms with van der Waals surface area (Å²) < 4.78 is 11.1. The summed E-state index contributed by atoms with van der Waals surface area (Å²) in [6.07, 6.45) is 1.75. The highest BCUT2D eigenvalue weighted by Crippen LogP contribution is 2.42. The lowest BCUT2D eigenvalue weighted by atomic mass is 10.1. The minimum atomic E-state index is -4.60. The Morgan fingerprint density at radius 3 is 2.11 bits per heavy atom. The largest absolute Gasteiger partial charge is 0.507 e. The van der Waals surface area contributed by atoms with Gasteiger partial charge in [0.1, 0.15) is 16.8 Å². The van der Waals surface area contributed by atoms with Crippen molar-refractivity contribution in [1.29, 1.82) is 0 Å². The quantitative estimate of drug-likeness (QED) is 0.365. The molecule has 4 N–H and O–H groups in total. The molecular weight excluding hydrogens is 267 g/mol. The van der Waals surface area contributed by atoms with Crippen LogP contribution in [0.3, 0.4) is 0 Å². The lowest BCUT2D eigenvalue weighted by Crippen LogP contribution is -2.04. The summed E-state index contributed by atoms with van der Waals surface area (Å²) in [6.45, 7) is 5.25. The van der Waals surface area contributed by atoms with Crippen LogP contribution in [0.15, 0.2) is 43.0 Å². The molecular formula is C13H15O5P. The molecule has 0 atom stereocenters. The lowest BCUT2D eigenvalue weighted by molar-refractivity contribution is 0.384. The minimum absolute atomic E-state index is 0.209. The summed E-state index contributed by atoms with van der Waals surface area (Å²) in [4.78, 5) is 18.0. The van der Waals surface area contributed by atoms with Gasteiger partial charge in [-0.15, -0.1) is 6.58 Å². The molecule has 6 heteroatoms. The van der Waals surface area contributed by atoms with Crippen LogP contribution < -0.4 is 5.30 Å². The molecule has 0 aliphatic heterocycles. The van der Waals surface area contributed by atoms with Crippen molar-refractivity contribution in [2.45, 2.75) is 6.92 Å². The van der Waals surface area contributed by atoms with Gasteiger partial charge in [-0.05, 0) is 13.0 Å². The van der Waals surface area contributed by atoms with Crippen LogP contribution in [-0.4, -0.2) is 20.0 Å². The van der Waals surface area contributed by atoms with Crippen LogP contribution in [0.1, 0.15) is 6.92 Å². The summed E-state index contributed by atoms with van der Waals surface area (Å²) in [7, 11) is -4.60. The van der Waals surface area contributed by atoms with Crippen molar-refractivity contribution in [2.24, 2.45) is 0 Å². The van der Waals surface area contributed by atoms with Crippen LogP contribution in [0.2, 0.25) is 0 Å². The highest BCUT2D eigenvalue weighted by Gasteiger charge is 2.24. The zero-order valence-electron chi connectivity index (χ0n) is 10.3. The van der Waals surface area contributed by atoms with E-state index in [0.29, 0.717) is 5.39 Å². The summed E-state index contributed by atoms with van der Waals surface area (Å²) in [5.74, 6) is -0.770. The summed E-state index contributed by atoms with van der Waals surface area (Å²) in [5.41, 5.74) is 0. The number of benzene rings is 2. The number of fused-ring (bicyclic) bond motifs is 1. The molecule has 0 radical (unpaired) electrons. The normalized spacial score (nSPS) is 10.7. The first-order chi connectivity index (χ1) is 8.82. The van der Waals surface area contributed by atoms with E-state index in [9.17, 15) is 14.8 Å². The van der Waals surface area contributed by atoms with Gasteiger partial charge in [-0.2, -0.15) is 0 Å². The van der Waals surface area contributed by atoms with E-state index < -0.39 is 18.6 Å². The summed E-state index contributed by atoms with van der Waals surface area (Å²) in [5, 5.41) is 19.3. The molecule has 2 aromatic rings. The van der Waals surface area contributed by atoms with Crippen LogP contribution in [0, 0.1) is 0 Å². The Morgan fingerprint density at radius 1 is 1.16 bits per heavy atom. The first-order valence-electron chi connectivity index (χ1n) is 5.39. The Kier molecular flexibility index (Phi) is 4.72. The van der Waals surface area contributed by atoms with Crippen LogP contribution in [0.5, 0.6) is 11.5 Å². The third kappa shape index (κ3) is 3.35. The van der Waals surface area contributed by atoms with Gasteiger partial charge in [-0.25, -0.2) is 0 Å². The number of allylic oxidation sites excluding steroid dienone is 1. The Labute approximate surface area is 110 Å². The maximum absolute atomic E-state index is 11.1. The van der Waals surface area contributed by atoms with E-state index in [1.54, 1.807) is 24.3 Å². The Hall–Kier alpha value is -1.81. The van der Waals surface area contributed by atoms with E-state index in [1.807, 2.05) is 6.92 Å². The maximum Gasteiger partial charge on any atom is 0.360 e. The molecule has 2 aromatic carbocycles. The van der Waals surface area contributed by atoms with Crippen molar-refractivity contribution in [1.82, 2.24) is 0 Å². The molecule has 0 saturated heterocycles. The molecule has 5 nitrogen and oxygen atoms in total. The van der Waals surface area contributed by atoms with Gasteiger partial charge in [0.05, 0.1) is 0 Å². The van der Waals surface area contributed by atoms with Crippen molar-refractivity contribution in [2.75, 3.05) is 0 Å². The Balaban J connectivity index is 0.000000550. The fraction of sp³-hybridized carbons (Fsp3) is 0.0769. The summed E-state index contributed by atoms with van der Waals surface area (Å²) >= 11 is 0. The third-order valence-corrected chi connectivity index (χ3v) is 3.26. The van der Waals surface area contributed by atoms with E-state index in [1.165, 1.54) is 6.07 Å².